The Labute approximate surface area is 197 Å². The van der Waals surface area contributed by atoms with Gasteiger partial charge in [-0.2, -0.15) is 5.26 Å². The van der Waals surface area contributed by atoms with E-state index in [-0.39, 0.29) is 17.2 Å². The van der Waals surface area contributed by atoms with Crippen LogP contribution in [0.5, 0.6) is 0 Å². The van der Waals surface area contributed by atoms with E-state index in [9.17, 15) is 19.2 Å². The number of thiophene rings is 1. The molecule has 0 bridgehead atoms. The highest BCUT2D eigenvalue weighted by Crippen LogP contribution is 2.24. The molecule has 3 amide bonds. The van der Waals surface area contributed by atoms with Gasteiger partial charge in [-0.3, -0.25) is 19.7 Å². The lowest BCUT2D eigenvalue weighted by Crippen LogP contribution is -2.33. The molecule has 2 aromatic carbocycles. The molecule has 0 spiro atoms. The molecule has 2 N–H and O–H groups in total. The van der Waals surface area contributed by atoms with Gasteiger partial charge in [-0.1, -0.05) is 24.3 Å². The highest BCUT2D eigenvalue weighted by Gasteiger charge is 2.17. The molecule has 166 valence electrons. The number of carbonyl (C=O) groups is 4. The van der Waals surface area contributed by atoms with E-state index in [1.54, 1.807) is 60.0 Å². The van der Waals surface area contributed by atoms with Crippen molar-refractivity contribution in [1.29, 1.82) is 5.26 Å². The quantitative estimate of drug-likeness (QED) is 0.374. The summed E-state index contributed by atoms with van der Waals surface area (Å²) in [5.41, 5.74) is 1.12. The van der Waals surface area contributed by atoms with Gasteiger partial charge in [0, 0.05) is 10.6 Å². The van der Waals surface area contributed by atoms with Crippen LogP contribution in [0.3, 0.4) is 0 Å². The second-order valence-corrected chi connectivity index (χ2v) is 8.42. The van der Waals surface area contributed by atoms with Crippen LogP contribution in [-0.4, -0.2) is 36.1 Å². The Morgan fingerprint density at radius 3 is 2.58 bits per heavy atom. The van der Waals surface area contributed by atoms with Gasteiger partial charge in [0.05, 0.1) is 27.8 Å². The fourth-order valence-corrected chi connectivity index (χ4v) is 4.07. The molecule has 3 aromatic rings. The normalized spacial score (nSPS) is 10.0. The molecule has 0 radical (unpaired) electrons. The summed E-state index contributed by atoms with van der Waals surface area (Å²) in [6, 6.07) is 18.3. The maximum atomic E-state index is 12.5. The Hall–Kier alpha value is -3.94. The van der Waals surface area contributed by atoms with Crippen LogP contribution in [-0.2, 0) is 14.3 Å². The third kappa shape index (κ3) is 7.03. The molecular formula is C23H17N3O5S2. The summed E-state index contributed by atoms with van der Waals surface area (Å²) in [5, 5.41) is 15.5. The second-order valence-electron chi connectivity index (χ2n) is 6.46. The molecule has 0 aliphatic rings. The molecule has 1 heterocycles. The zero-order chi connectivity index (χ0) is 23.6. The Kier molecular flexibility index (Phi) is 8.35. The van der Waals surface area contributed by atoms with E-state index in [4.69, 9.17) is 10.00 Å². The van der Waals surface area contributed by atoms with Crippen LogP contribution in [0.2, 0.25) is 0 Å². The minimum absolute atomic E-state index is 0.0108. The molecule has 33 heavy (non-hydrogen) atoms. The number of nitriles is 1. The number of imide groups is 1. The van der Waals surface area contributed by atoms with E-state index in [0.29, 0.717) is 21.0 Å². The molecule has 0 unspecified atom stereocenters. The van der Waals surface area contributed by atoms with Crippen molar-refractivity contribution in [2.75, 3.05) is 17.7 Å². The number of hydrogen-bond donors (Lipinski definition) is 2. The van der Waals surface area contributed by atoms with Crippen LogP contribution >= 0.6 is 23.1 Å². The number of anilines is 1. The fraction of sp³-hybridized carbons (Fsp3) is 0.0870. The van der Waals surface area contributed by atoms with Crippen molar-refractivity contribution in [1.82, 2.24) is 5.32 Å². The molecule has 0 saturated heterocycles. The molecule has 8 nitrogen and oxygen atoms in total. The van der Waals surface area contributed by atoms with Gasteiger partial charge in [-0.15, -0.1) is 23.1 Å². The predicted molar refractivity (Wildman–Crippen MR) is 124 cm³/mol. The second kappa shape index (κ2) is 11.6. The average Bonchev–Trinajstić information content (AvgIpc) is 3.37. The summed E-state index contributed by atoms with van der Waals surface area (Å²) in [4.78, 5) is 49.4. The van der Waals surface area contributed by atoms with Crippen LogP contribution in [0, 0.1) is 11.3 Å². The first-order chi connectivity index (χ1) is 16.0. The largest absolute Gasteiger partial charge is 0.452 e. The highest BCUT2D eigenvalue weighted by molar-refractivity contribution is 8.00. The summed E-state index contributed by atoms with van der Waals surface area (Å²) in [6.45, 7) is -0.620. The molecule has 3 rings (SSSR count). The number of benzene rings is 2. The Balaban J connectivity index is 1.53. The van der Waals surface area contributed by atoms with Gasteiger partial charge < -0.3 is 10.1 Å². The van der Waals surface area contributed by atoms with Gasteiger partial charge in [0.25, 0.3) is 11.8 Å². The number of amides is 3. The summed E-state index contributed by atoms with van der Waals surface area (Å²) in [6.07, 6.45) is 0. The minimum Gasteiger partial charge on any atom is -0.452 e. The Morgan fingerprint density at radius 2 is 1.82 bits per heavy atom. The topological polar surface area (TPSA) is 125 Å². The average molecular weight is 480 g/mol. The number of ether oxygens (including phenoxy) is 1. The first kappa shape index (κ1) is 23.7. The van der Waals surface area contributed by atoms with E-state index in [1.165, 1.54) is 17.4 Å². The lowest BCUT2D eigenvalue weighted by Gasteiger charge is -2.10. The van der Waals surface area contributed by atoms with Crippen molar-refractivity contribution in [3.63, 3.8) is 0 Å². The zero-order valence-corrected chi connectivity index (χ0v) is 18.7. The van der Waals surface area contributed by atoms with Crippen molar-refractivity contribution in [2.24, 2.45) is 0 Å². The van der Waals surface area contributed by atoms with Crippen LogP contribution in [0.15, 0.2) is 70.9 Å². The first-order valence-corrected chi connectivity index (χ1v) is 11.4. The molecular weight excluding hydrogens is 462 g/mol. The van der Waals surface area contributed by atoms with E-state index >= 15 is 0 Å². The van der Waals surface area contributed by atoms with Crippen molar-refractivity contribution < 1.29 is 23.9 Å². The number of carbonyl (C=O) groups excluding carboxylic acids is 4. The standard InChI is InChI=1S/C23H17N3O5S2/c24-12-15-5-3-6-16(11-15)25-21(28)14-33-18-8-2-1-7-17(18)23(30)31-13-20(27)26-22(29)19-9-4-10-32-19/h1-11H,13-14H2,(H,25,28)(H,26,27,29). The molecule has 1 aromatic heterocycles. The number of rotatable bonds is 8. The van der Waals surface area contributed by atoms with Gasteiger partial charge in [-0.25, -0.2) is 4.79 Å². The predicted octanol–water partition coefficient (Wildman–Crippen LogP) is 3.46. The monoisotopic (exact) mass is 479 g/mol. The van der Waals surface area contributed by atoms with Gasteiger partial charge in [0.1, 0.15) is 0 Å². The minimum atomic E-state index is -0.751. The Bertz CT molecular complexity index is 1220. The highest BCUT2D eigenvalue weighted by atomic mass is 32.2. The molecule has 0 fully saturated rings. The molecule has 0 atom stereocenters. The molecule has 10 heteroatoms. The van der Waals surface area contributed by atoms with E-state index in [1.807, 2.05) is 6.07 Å². The number of nitrogens with zero attached hydrogens (tertiary/aromatic N) is 1. The van der Waals surface area contributed by atoms with Crippen LogP contribution in [0.25, 0.3) is 0 Å². The third-order valence-corrected chi connectivity index (χ3v) is 6.02. The number of esters is 1. The van der Waals surface area contributed by atoms with E-state index < -0.39 is 24.4 Å². The SMILES string of the molecule is N#Cc1cccc(NC(=O)CSc2ccccc2C(=O)OCC(=O)NC(=O)c2cccs2)c1. The van der Waals surface area contributed by atoms with Gasteiger partial charge in [0.15, 0.2) is 6.61 Å². The number of hydrogen-bond acceptors (Lipinski definition) is 8. The molecule has 0 aliphatic heterocycles. The molecule has 0 aliphatic carbocycles. The summed E-state index contributed by atoms with van der Waals surface area (Å²) >= 11 is 2.31. The molecule has 0 saturated carbocycles. The van der Waals surface area contributed by atoms with Crippen LogP contribution in [0.4, 0.5) is 5.69 Å². The smallest absolute Gasteiger partial charge is 0.339 e. The lowest BCUT2D eigenvalue weighted by atomic mass is 10.2. The van der Waals surface area contributed by atoms with Crippen LogP contribution < -0.4 is 10.6 Å². The summed E-state index contributed by atoms with van der Waals surface area (Å²) < 4.78 is 5.03. The van der Waals surface area contributed by atoms with Crippen molar-refractivity contribution in [3.8, 4) is 6.07 Å². The first-order valence-electron chi connectivity index (χ1n) is 9.53. The van der Waals surface area contributed by atoms with Crippen molar-refractivity contribution in [3.05, 3.63) is 82.0 Å². The third-order valence-electron chi connectivity index (χ3n) is 4.07. The van der Waals surface area contributed by atoms with Gasteiger partial charge in [0.2, 0.25) is 5.91 Å². The maximum absolute atomic E-state index is 12.5. The van der Waals surface area contributed by atoms with E-state index in [0.717, 1.165) is 11.8 Å². The summed E-state index contributed by atoms with van der Waals surface area (Å²) in [5.74, 6) is -2.36. The Morgan fingerprint density at radius 1 is 1.00 bits per heavy atom. The van der Waals surface area contributed by atoms with Crippen LogP contribution in [0.1, 0.15) is 25.6 Å². The number of nitrogens with one attached hydrogen (secondary N) is 2. The zero-order valence-electron chi connectivity index (χ0n) is 17.1. The van der Waals surface area contributed by atoms with Crippen molar-refractivity contribution in [2.45, 2.75) is 4.90 Å². The fourth-order valence-electron chi connectivity index (χ4n) is 2.61. The number of thioether (sulfide) groups is 1. The van der Waals surface area contributed by atoms with Crippen molar-refractivity contribution >= 4 is 52.5 Å². The lowest BCUT2D eigenvalue weighted by molar-refractivity contribution is -0.123. The van der Waals surface area contributed by atoms with E-state index in [2.05, 4.69) is 10.6 Å². The van der Waals surface area contributed by atoms with Gasteiger partial charge >= 0.3 is 5.97 Å². The maximum Gasteiger partial charge on any atom is 0.339 e. The van der Waals surface area contributed by atoms with Gasteiger partial charge in [-0.05, 0) is 41.8 Å². The summed E-state index contributed by atoms with van der Waals surface area (Å²) in [7, 11) is 0.